The van der Waals surface area contributed by atoms with Crippen LogP contribution in [-0.2, 0) is 14.8 Å². The van der Waals surface area contributed by atoms with Crippen LogP contribution >= 0.6 is 0 Å². The predicted octanol–water partition coefficient (Wildman–Crippen LogP) is 2.00. The maximum atomic E-state index is 12.5. The number of ether oxygens (including phenoxy) is 2. The molecule has 0 aromatic heterocycles. The first-order valence-corrected chi connectivity index (χ1v) is 10.2. The predicted molar refractivity (Wildman–Crippen MR) is 105 cm³/mol. The molecule has 7 nitrogen and oxygen atoms in total. The van der Waals surface area contributed by atoms with Crippen LogP contribution in [-0.4, -0.2) is 58.7 Å². The van der Waals surface area contributed by atoms with E-state index in [1.807, 2.05) is 18.2 Å². The van der Waals surface area contributed by atoms with Crippen molar-refractivity contribution in [2.75, 3.05) is 45.0 Å². The van der Waals surface area contributed by atoms with Crippen molar-refractivity contribution in [3.63, 3.8) is 0 Å². The second-order valence-corrected chi connectivity index (χ2v) is 7.89. The van der Waals surface area contributed by atoms with Gasteiger partial charge in [0, 0.05) is 19.3 Å². The molecule has 0 radical (unpaired) electrons. The molecule has 0 heterocycles. The molecule has 0 spiro atoms. The Morgan fingerprint density at radius 2 is 1.59 bits per heavy atom. The summed E-state index contributed by atoms with van der Waals surface area (Å²) in [6, 6.07) is 16.0. The molecule has 8 heteroatoms. The molecular weight excluding hydrogens is 368 g/mol. The fourth-order valence-corrected chi connectivity index (χ4v) is 3.10. The van der Waals surface area contributed by atoms with E-state index in [9.17, 15) is 13.2 Å². The minimum absolute atomic E-state index is 0.0687. The van der Waals surface area contributed by atoms with Crippen LogP contribution in [0, 0.1) is 0 Å². The van der Waals surface area contributed by atoms with Crippen molar-refractivity contribution < 1.29 is 22.7 Å². The van der Waals surface area contributed by atoms with Crippen molar-refractivity contribution in [2.45, 2.75) is 0 Å². The zero-order chi connectivity index (χ0) is 19.9. The number of methoxy groups -OCH3 is 1. The number of sulfonamides is 1. The van der Waals surface area contributed by atoms with E-state index in [1.54, 1.807) is 50.6 Å². The summed E-state index contributed by atoms with van der Waals surface area (Å²) in [7, 11) is -0.365. The van der Waals surface area contributed by atoms with Crippen LogP contribution in [0.1, 0.15) is 0 Å². The van der Waals surface area contributed by atoms with Crippen LogP contribution in [0.15, 0.2) is 54.6 Å². The number of likely N-dealkylation sites (N-methyl/N-ethyl adjacent to an activating group) is 1. The van der Waals surface area contributed by atoms with Gasteiger partial charge in [0.25, 0.3) is 0 Å². The van der Waals surface area contributed by atoms with Gasteiger partial charge < -0.3 is 14.4 Å². The third-order valence-electron chi connectivity index (χ3n) is 3.97. The van der Waals surface area contributed by atoms with Gasteiger partial charge in [-0.1, -0.05) is 18.2 Å². The van der Waals surface area contributed by atoms with Crippen molar-refractivity contribution in [3.8, 4) is 11.5 Å². The molecule has 0 saturated carbocycles. The number of para-hydroxylation sites is 1. The Morgan fingerprint density at radius 3 is 2.15 bits per heavy atom. The van der Waals surface area contributed by atoms with E-state index in [0.29, 0.717) is 17.2 Å². The van der Waals surface area contributed by atoms with Gasteiger partial charge in [-0.05, 0) is 36.4 Å². The van der Waals surface area contributed by atoms with E-state index in [1.165, 1.54) is 4.90 Å². The van der Waals surface area contributed by atoms with Gasteiger partial charge in [0.15, 0.2) is 0 Å². The van der Waals surface area contributed by atoms with Crippen molar-refractivity contribution in [3.05, 3.63) is 54.6 Å². The second-order valence-electron chi connectivity index (χ2n) is 5.91. The SMILES string of the molecule is COc1ccc(OCCN(CC(=O)N(C)c2ccccc2)S(C)(=O)=O)cc1. The quantitative estimate of drug-likeness (QED) is 0.652. The molecule has 0 unspecified atom stereocenters. The first-order valence-electron chi connectivity index (χ1n) is 8.35. The fraction of sp³-hybridized carbons (Fsp3) is 0.316. The Hall–Kier alpha value is -2.58. The van der Waals surface area contributed by atoms with Gasteiger partial charge in [-0.25, -0.2) is 8.42 Å². The fourth-order valence-electron chi connectivity index (χ4n) is 2.35. The molecule has 0 bridgehead atoms. The number of hydrogen-bond donors (Lipinski definition) is 0. The van der Waals surface area contributed by atoms with Gasteiger partial charge >= 0.3 is 0 Å². The molecule has 2 rings (SSSR count). The monoisotopic (exact) mass is 392 g/mol. The molecule has 0 aliphatic rings. The van der Waals surface area contributed by atoms with Crippen LogP contribution < -0.4 is 14.4 Å². The summed E-state index contributed by atoms with van der Waals surface area (Å²) in [6.07, 6.45) is 1.08. The number of anilines is 1. The maximum absolute atomic E-state index is 12.5. The lowest BCUT2D eigenvalue weighted by Gasteiger charge is -2.23. The second kappa shape index (κ2) is 9.38. The van der Waals surface area contributed by atoms with Gasteiger partial charge in [-0.3, -0.25) is 4.79 Å². The minimum atomic E-state index is -3.55. The number of carbonyl (C=O) groups excluding carboxylic acids is 1. The average molecular weight is 392 g/mol. The van der Waals surface area contributed by atoms with Crippen molar-refractivity contribution in [2.24, 2.45) is 0 Å². The highest BCUT2D eigenvalue weighted by molar-refractivity contribution is 7.88. The van der Waals surface area contributed by atoms with Gasteiger partial charge in [0.2, 0.25) is 15.9 Å². The summed E-state index contributed by atoms with van der Waals surface area (Å²) in [5.74, 6) is 0.975. The van der Waals surface area contributed by atoms with Crippen LogP contribution in [0.4, 0.5) is 5.69 Å². The van der Waals surface area contributed by atoms with E-state index in [-0.39, 0.29) is 25.6 Å². The van der Waals surface area contributed by atoms with E-state index >= 15 is 0 Å². The normalized spacial score (nSPS) is 11.3. The zero-order valence-corrected chi connectivity index (χ0v) is 16.5. The first kappa shape index (κ1) is 20.7. The Morgan fingerprint density at radius 1 is 1.00 bits per heavy atom. The standard InChI is InChI=1S/C19H24N2O5S/c1-20(16-7-5-4-6-8-16)19(22)15-21(27(3,23)24)13-14-26-18-11-9-17(25-2)10-12-18/h4-12H,13-15H2,1-3H3. The van der Waals surface area contributed by atoms with Crippen molar-refractivity contribution in [1.82, 2.24) is 4.31 Å². The number of carbonyl (C=O) groups is 1. The first-order chi connectivity index (χ1) is 12.8. The molecule has 0 fully saturated rings. The topological polar surface area (TPSA) is 76.2 Å². The highest BCUT2D eigenvalue weighted by Gasteiger charge is 2.22. The van der Waals surface area contributed by atoms with Crippen LogP contribution in [0.2, 0.25) is 0 Å². The molecule has 146 valence electrons. The summed E-state index contributed by atoms with van der Waals surface area (Å²) >= 11 is 0. The van der Waals surface area contributed by atoms with E-state index < -0.39 is 10.0 Å². The Labute approximate surface area is 160 Å². The van der Waals surface area contributed by atoms with Gasteiger partial charge in [0.1, 0.15) is 18.1 Å². The van der Waals surface area contributed by atoms with Crippen molar-refractivity contribution in [1.29, 1.82) is 0 Å². The van der Waals surface area contributed by atoms with Gasteiger partial charge in [-0.2, -0.15) is 4.31 Å². The molecule has 0 atom stereocenters. The van der Waals surface area contributed by atoms with E-state index in [2.05, 4.69) is 0 Å². The molecule has 1 amide bonds. The Kier molecular flexibility index (Phi) is 7.20. The maximum Gasteiger partial charge on any atom is 0.242 e. The third kappa shape index (κ3) is 6.26. The highest BCUT2D eigenvalue weighted by atomic mass is 32.2. The minimum Gasteiger partial charge on any atom is -0.497 e. The number of amides is 1. The third-order valence-corrected chi connectivity index (χ3v) is 5.22. The summed E-state index contributed by atoms with van der Waals surface area (Å²) in [4.78, 5) is 13.9. The van der Waals surface area contributed by atoms with E-state index in [0.717, 1.165) is 10.6 Å². The summed E-state index contributed by atoms with van der Waals surface area (Å²) in [5.41, 5.74) is 0.699. The molecule has 27 heavy (non-hydrogen) atoms. The number of benzene rings is 2. The van der Waals surface area contributed by atoms with Gasteiger partial charge in [0.05, 0.1) is 19.9 Å². The van der Waals surface area contributed by atoms with Crippen LogP contribution in [0.3, 0.4) is 0 Å². The smallest absolute Gasteiger partial charge is 0.242 e. The number of nitrogens with zero attached hydrogens (tertiary/aromatic N) is 2. The highest BCUT2D eigenvalue weighted by Crippen LogP contribution is 2.17. The molecule has 0 aliphatic carbocycles. The molecule has 0 saturated heterocycles. The lowest BCUT2D eigenvalue weighted by Crippen LogP contribution is -2.42. The lowest BCUT2D eigenvalue weighted by atomic mass is 10.3. The summed E-state index contributed by atoms with van der Waals surface area (Å²) in [6.45, 7) is -0.0584. The average Bonchev–Trinajstić information content (AvgIpc) is 2.67. The van der Waals surface area contributed by atoms with Gasteiger partial charge in [-0.15, -0.1) is 0 Å². The van der Waals surface area contributed by atoms with Crippen LogP contribution in [0.25, 0.3) is 0 Å². The van der Waals surface area contributed by atoms with Crippen LogP contribution in [0.5, 0.6) is 11.5 Å². The van der Waals surface area contributed by atoms with E-state index in [4.69, 9.17) is 9.47 Å². The van der Waals surface area contributed by atoms with Crippen molar-refractivity contribution >= 4 is 21.6 Å². The molecule has 2 aromatic rings. The number of hydrogen-bond acceptors (Lipinski definition) is 5. The Balaban J connectivity index is 1.95. The number of rotatable bonds is 9. The largest absolute Gasteiger partial charge is 0.497 e. The summed E-state index contributed by atoms with van der Waals surface area (Å²) in [5, 5.41) is 0. The summed E-state index contributed by atoms with van der Waals surface area (Å²) < 4.78 is 35.8. The molecular formula is C19H24N2O5S. The lowest BCUT2D eigenvalue weighted by molar-refractivity contribution is -0.118. The molecule has 2 aromatic carbocycles. The zero-order valence-electron chi connectivity index (χ0n) is 15.7. The Bertz CT molecular complexity index is 838. The molecule has 0 aliphatic heterocycles. The molecule has 0 N–H and O–H groups in total.